The molecule has 2 nitrogen and oxygen atoms in total. The van der Waals surface area contributed by atoms with E-state index in [4.69, 9.17) is 0 Å². The van der Waals surface area contributed by atoms with E-state index in [0.717, 1.165) is 0 Å². The lowest BCUT2D eigenvalue weighted by Gasteiger charge is -2.31. The van der Waals surface area contributed by atoms with E-state index >= 15 is 0 Å². The van der Waals surface area contributed by atoms with Gasteiger partial charge in [-0.2, -0.15) is 0 Å². The quantitative estimate of drug-likeness (QED) is 0.857. The van der Waals surface area contributed by atoms with Gasteiger partial charge in [0.25, 0.3) is 0 Å². The highest BCUT2D eigenvalue weighted by Gasteiger charge is 2.22. The van der Waals surface area contributed by atoms with E-state index in [1.54, 1.807) is 0 Å². The van der Waals surface area contributed by atoms with E-state index in [1.807, 2.05) is 6.92 Å². The van der Waals surface area contributed by atoms with Gasteiger partial charge >= 0.3 is 0 Å². The second kappa shape index (κ2) is 6.38. The van der Waals surface area contributed by atoms with Crippen LogP contribution in [0.5, 0.6) is 5.75 Å². The summed E-state index contributed by atoms with van der Waals surface area (Å²) in [5.74, 6) is 0.566. The van der Waals surface area contributed by atoms with Crippen molar-refractivity contribution >= 4 is 0 Å². The van der Waals surface area contributed by atoms with Gasteiger partial charge in [0.2, 0.25) is 0 Å². The number of benzene rings is 1. The summed E-state index contributed by atoms with van der Waals surface area (Å²) in [5, 5.41) is 13.3. The molecule has 0 aromatic heterocycles. The molecule has 106 valence electrons. The number of hydrogen-bond acceptors (Lipinski definition) is 2. The molecule has 1 fully saturated rings. The summed E-state index contributed by atoms with van der Waals surface area (Å²) in [5.41, 5.74) is 0.641. The molecule has 1 saturated carbocycles. The van der Waals surface area contributed by atoms with E-state index < -0.39 is 0 Å². The van der Waals surface area contributed by atoms with Crippen LogP contribution in [0.15, 0.2) is 18.2 Å². The summed E-state index contributed by atoms with van der Waals surface area (Å²) in [6, 6.07) is 4.50. The molecule has 0 radical (unpaired) electrons. The van der Waals surface area contributed by atoms with Crippen LogP contribution in [0.25, 0.3) is 0 Å². The molecule has 1 aliphatic rings. The van der Waals surface area contributed by atoms with E-state index in [1.165, 1.54) is 50.3 Å². The van der Waals surface area contributed by atoms with E-state index in [9.17, 15) is 9.50 Å². The Morgan fingerprint density at radius 2 is 1.89 bits per heavy atom. The fourth-order valence-corrected chi connectivity index (χ4v) is 3.13. The Labute approximate surface area is 115 Å². The van der Waals surface area contributed by atoms with Crippen molar-refractivity contribution in [2.45, 2.75) is 58.0 Å². The molecule has 0 aliphatic heterocycles. The minimum Gasteiger partial charge on any atom is -0.508 e. The molecule has 1 aromatic carbocycles. The van der Waals surface area contributed by atoms with Crippen LogP contribution in [0.3, 0.4) is 0 Å². The van der Waals surface area contributed by atoms with Crippen molar-refractivity contribution in [2.24, 2.45) is 5.92 Å². The number of rotatable bonds is 4. The van der Waals surface area contributed by atoms with Gasteiger partial charge in [-0.15, -0.1) is 0 Å². The Hall–Kier alpha value is -1.09. The summed E-state index contributed by atoms with van der Waals surface area (Å²) >= 11 is 0. The van der Waals surface area contributed by atoms with Gasteiger partial charge in [-0.1, -0.05) is 19.3 Å². The maximum Gasteiger partial charge on any atom is 0.123 e. The van der Waals surface area contributed by atoms with Crippen molar-refractivity contribution in [1.82, 2.24) is 5.32 Å². The predicted molar refractivity (Wildman–Crippen MR) is 75.7 cm³/mol. The lowest BCUT2D eigenvalue weighted by Crippen LogP contribution is -2.36. The van der Waals surface area contributed by atoms with Crippen LogP contribution in [0.1, 0.15) is 57.6 Å². The maximum absolute atomic E-state index is 13.3. The van der Waals surface area contributed by atoms with Crippen molar-refractivity contribution < 1.29 is 9.50 Å². The summed E-state index contributed by atoms with van der Waals surface area (Å²) in [4.78, 5) is 0. The monoisotopic (exact) mass is 265 g/mol. The normalized spacial score (nSPS) is 20.2. The number of hydrogen-bond donors (Lipinski definition) is 2. The minimum absolute atomic E-state index is 0.0346. The summed E-state index contributed by atoms with van der Waals surface area (Å²) in [7, 11) is 0. The largest absolute Gasteiger partial charge is 0.508 e. The Balaban J connectivity index is 1.99. The first kappa shape index (κ1) is 14.3. The summed E-state index contributed by atoms with van der Waals surface area (Å²) < 4.78 is 13.3. The average Bonchev–Trinajstić information content (AvgIpc) is 2.42. The number of nitrogens with one attached hydrogen (secondary N) is 1. The molecule has 2 rings (SSSR count). The Morgan fingerprint density at radius 1 is 1.21 bits per heavy atom. The number of aromatic hydroxyl groups is 1. The first-order chi connectivity index (χ1) is 9.08. The molecule has 2 N–H and O–H groups in total. The Kier molecular flexibility index (Phi) is 4.81. The van der Waals surface area contributed by atoms with Crippen LogP contribution in [0.2, 0.25) is 0 Å². The topological polar surface area (TPSA) is 32.3 Å². The molecule has 3 heteroatoms. The van der Waals surface area contributed by atoms with Gasteiger partial charge in [0.1, 0.15) is 11.6 Å². The van der Waals surface area contributed by atoms with Crippen LogP contribution >= 0.6 is 0 Å². The molecule has 0 bridgehead atoms. The fourth-order valence-electron chi connectivity index (χ4n) is 3.13. The predicted octanol–water partition coefficient (Wildman–Crippen LogP) is 4.15. The summed E-state index contributed by atoms with van der Waals surface area (Å²) in [6.45, 7) is 4.18. The lowest BCUT2D eigenvalue weighted by atomic mass is 9.84. The third-order valence-corrected chi connectivity index (χ3v) is 4.33. The van der Waals surface area contributed by atoms with Gasteiger partial charge in [0.15, 0.2) is 0 Å². The van der Waals surface area contributed by atoms with Gasteiger partial charge in [-0.3, -0.25) is 0 Å². The van der Waals surface area contributed by atoms with Gasteiger partial charge < -0.3 is 10.4 Å². The molecule has 0 amide bonds. The molecule has 0 saturated heterocycles. The maximum atomic E-state index is 13.3. The number of phenolic OH excluding ortho intramolecular Hbond substituents is 1. The van der Waals surface area contributed by atoms with Crippen LogP contribution < -0.4 is 5.32 Å². The lowest BCUT2D eigenvalue weighted by molar-refractivity contribution is 0.267. The standard InChI is InChI=1S/C16H24FNO/c1-11(13-6-4-3-5-7-13)18-12(2)15-10-14(17)8-9-16(15)19/h8-13,18-19H,3-7H2,1-2H3. The number of halogens is 1. The SMILES string of the molecule is CC(NC(C)C1CCCCC1)c1cc(F)ccc1O. The average molecular weight is 265 g/mol. The van der Waals surface area contributed by atoms with Crippen molar-refractivity contribution in [3.05, 3.63) is 29.6 Å². The summed E-state index contributed by atoms with van der Waals surface area (Å²) in [6.07, 6.45) is 6.53. The van der Waals surface area contributed by atoms with Crippen molar-refractivity contribution in [1.29, 1.82) is 0 Å². The highest BCUT2D eigenvalue weighted by Crippen LogP contribution is 2.29. The first-order valence-electron chi connectivity index (χ1n) is 7.32. The van der Waals surface area contributed by atoms with Gasteiger partial charge in [0, 0.05) is 17.6 Å². The van der Waals surface area contributed by atoms with Crippen LogP contribution in [0.4, 0.5) is 4.39 Å². The zero-order valence-electron chi connectivity index (χ0n) is 11.8. The van der Waals surface area contributed by atoms with E-state index in [0.29, 0.717) is 17.5 Å². The third kappa shape index (κ3) is 3.69. The zero-order valence-corrected chi connectivity index (χ0v) is 11.8. The Morgan fingerprint density at radius 3 is 2.58 bits per heavy atom. The molecule has 2 unspecified atom stereocenters. The highest BCUT2D eigenvalue weighted by molar-refractivity contribution is 5.34. The van der Waals surface area contributed by atoms with Crippen molar-refractivity contribution in [3.63, 3.8) is 0 Å². The van der Waals surface area contributed by atoms with Crippen molar-refractivity contribution in [3.8, 4) is 5.75 Å². The molecular weight excluding hydrogens is 241 g/mol. The second-order valence-corrected chi connectivity index (χ2v) is 5.78. The van der Waals surface area contributed by atoms with Crippen LogP contribution in [-0.2, 0) is 0 Å². The van der Waals surface area contributed by atoms with Gasteiger partial charge in [-0.25, -0.2) is 4.39 Å². The molecule has 19 heavy (non-hydrogen) atoms. The fraction of sp³-hybridized carbons (Fsp3) is 0.625. The molecule has 0 spiro atoms. The molecule has 0 heterocycles. The van der Waals surface area contributed by atoms with Gasteiger partial charge in [-0.05, 0) is 50.8 Å². The van der Waals surface area contributed by atoms with E-state index in [2.05, 4.69) is 12.2 Å². The highest BCUT2D eigenvalue weighted by atomic mass is 19.1. The minimum atomic E-state index is -0.299. The third-order valence-electron chi connectivity index (χ3n) is 4.33. The van der Waals surface area contributed by atoms with E-state index in [-0.39, 0.29) is 17.6 Å². The molecule has 2 atom stereocenters. The molecular formula is C16H24FNO. The van der Waals surface area contributed by atoms with Gasteiger partial charge in [0.05, 0.1) is 0 Å². The van der Waals surface area contributed by atoms with Crippen molar-refractivity contribution in [2.75, 3.05) is 0 Å². The molecule has 1 aromatic rings. The zero-order chi connectivity index (χ0) is 13.8. The first-order valence-corrected chi connectivity index (χ1v) is 7.32. The van der Waals surface area contributed by atoms with Crippen LogP contribution in [0, 0.1) is 11.7 Å². The molecule has 1 aliphatic carbocycles. The van der Waals surface area contributed by atoms with Crippen LogP contribution in [-0.4, -0.2) is 11.1 Å². The second-order valence-electron chi connectivity index (χ2n) is 5.78. The number of phenols is 1. The Bertz CT molecular complexity index is 415. The smallest absolute Gasteiger partial charge is 0.123 e.